The SMILES string of the molecule is CCOC(=O)c1cc(C(C)C)sc1NC(=O)COC(=O)c1ccc2c(c1)OCO2. The Balaban J connectivity index is 1.63. The molecule has 9 heteroatoms. The Morgan fingerprint density at radius 2 is 1.86 bits per heavy atom. The Kier molecular flexibility index (Phi) is 6.38. The maximum atomic E-state index is 12.3. The molecule has 1 N–H and O–H groups in total. The normalized spacial score (nSPS) is 12.0. The summed E-state index contributed by atoms with van der Waals surface area (Å²) in [5.74, 6) is -0.557. The quantitative estimate of drug-likeness (QED) is 0.685. The third-order valence-corrected chi connectivity index (χ3v) is 5.36. The van der Waals surface area contributed by atoms with Gasteiger partial charge in [0.25, 0.3) is 5.91 Å². The van der Waals surface area contributed by atoms with Crippen molar-refractivity contribution < 1.29 is 33.3 Å². The standard InChI is InChI=1S/C20H21NO7S/c1-4-25-20(24)13-8-16(11(2)3)29-18(13)21-17(22)9-26-19(23)12-5-6-14-15(7-12)28-10-27-14/h5-8,11H,4,9-10H2,1-3H3,(H,21,22). The topological polar surface area (TPSA) is 100 Å². The van der Waals surface area contributed by atoms with Crippen LogP contribution >= 0.6 is 11.3 Å². The number of hydrogen-bond donors (Lipinski definition) is 1. The van der Waals surface area contributed by atoms with E-state index in [1.807, 2.05) is 13.8 Å². The summed E-state index contributed by atoms with van der Waals surface area (Å²) < 4.78 is 20.5. The predicted molar refractivity (Wildman–Crippen MR) is 106 cm³/mol. The van der Waals surface area contributed by atoms with Gasteiger partial charge < -0.3 is 24.3 Å². The Bertz CT molecular complexity index is 935. The van der Waals surface area contributed by atoms with Crippen LogP contribution in [0.25, 0.3) is 0 Å². The van der Waals surface area contributed by atoms with Crippen LogP contribution in [-0.4, -0.2) is 37.9 Å². The molecule has 2 aromatic rings. The molecule has 29 heavy (non-hydrogen) atoms. The summed E-state index contributed by atoms with van der Waals surface area (Å²) in [5.41, 5.74) is 0.531. The van der Waals surface area contributed by atoms with E-state index >= 15 is 0 Å². The summed E-state index contributed by atoms with van der Waals surface area (Å²) in [6, 6.07) is 6.34. The Morgan fingerprint density at radius 1 is 1.10 bits per heavy atom. The second-order valence-corrected chi connectivity index (χ2v) is 7.54. The van der Waals surface area contributed by atoms with Crippen molar-refractivity contribution in [1.29, 1.82) is 0 Å². The molecule has 3 rings (SSSR count). The number of anilines is 1. The number of rotatable bonds is 7. The number of nitrogens with one attached hydrogen (secondary N) is 1. The third-order valence-electron chi connectivity index (χ3n) is 4.01. The first-order valence-electron chi connectivity index (χ1n) is 9.06. The molecule has 0 aliphatic carbocycles. The van der Waals surface area contributed by atoms with Crippen molar-refractivity contribution in [3.63, 3.8) is 0 Å². The summed E-state index contributed by atoms with van der Waals surface area (Å²) in [7, 11) is 0. The maximum Gasteiger partial charge on any atom is 0.341 e. The molecular formula is C20H21NO7S. The highest BCUT2D eigenvalue weighted by Gasteiger charge is 2.21. The van der Waals surface area contributed by atoms with Gasteiger partial charge in [0, 0.05) is 4.88 Å². The molecule has 1 aromatic heterocycles. The molecule has 1 aromatic carbocycles. The fourth-order valence-corrected chi connectivity index (χ4v) is 3.61. The molecular weight excluding hydrogens is 398 g/mol. The first-order chi connectivity index (χ1) is 13.9. The number of amides is 1. The van der Waals surface area contributed by atoms with Crippen LogP contribution in [0, 0.1) is 0 Å². The van der Waals surface area contributed by atoms with E-state index in [1.165, 1.54) is 23.5 Å². The predicted octanol–water partition coefficient (Wildman–Crippen LogP) is 3.57. The summed E-state index contributed by atoms with van der Waals surface area (Å²) in [4.78, 5) is 37.5. The van der Waals surface area contributed by atoms with Crippen LogP contribution in [-0.2, 0) is 14.3 Å². The van der Waals surface area contributed by atoms with Crippen molar-refractivity contribution >= 4 is 34.2 Å². The zero-order valence-corrected chi connectivity index (χ0v) is 17.1. The number of carbonyl (C=O) groups excluding carboxylic acids is 3. The molecule has 1 aliphatic rings. The minimum Gasteiger partial charge on any atom is -0.462 e. The van der Waals surface area contributed by atoms with Crippen LogP contribution in [0.3, 0.4) is 0 Å². The van der Waals surface area contributed by atoms with E-state index < -0.39 is 24.5 Å². The zero-order valence-electron chi connectivity index (χ0n) is 16.3. The molecule has 8 nitrogen and oxygen atoms in total. The molecule has 0 unspecified atom stereocenters. The molecule has 0 fully saturated rings. The van der Waals surface area contributed by atoms with Crippen molar-refractivity contribution in [1.82, 2.24) is 0 Å². The van der Waals surface area contributed by atoms with Crippen molar-refractivity contribution in [3.05, 3.63) is 40.3 Å². The van der Waals surface area contributed by atoms with Gasteiger partial charge in [-0.05, 0) is 37.1 Å². The largest absolute Gasteiger partial charge is 0.462 e. The van der Waals surface area contributed by atoms with Gasteiger partial charge in [0.2, 0.25) is 6.79 Å². The van der Waals surface area contributed by atoms with Gasteiger partial charge in [0.15, 0.2) is 18.1 Å². The van der Waals surface area contributed by atoms with Crippen molar-refractivity contribution in [2.24, 2.45) is 0 Å². The number of ether oxygens (including phenoxy) is 4. The van der Waals surface area contributed by atoms with E-state index in [1.54, 1.807) is 19.1 Å². The van der Waals surface area contributed by atoms with Gasteiger partial charge in [-0.15, -0.1) is 11.3 Å². The highest BCUT2D eigenvalue weighted by atomic mass is 32.1. The van der Waals surface area contributed by atoms with Crippen LogP contribution in [0.15, 0.2) is 24.3 Å². The highest BCUT2D eigenvalue weighted by molar-refractivity contribution is 7.16. The summed E-state index contributed by atoms with van der Waals surface area (Å²) in [5, 5.41) is 3.00. The first kappa shape index (κ1) is 20.7. The lowest BCUT2D eigenvalue weighted by Gasteiger charge is -2.07. The molecule has 0 saturated carbocycles. The molecule has 0 radical (unpaired) electrons. The van der Waals surface area contributed by atoms with Crippen LogP contribution < -0.4 is 14.8 Å². The first-order valence-corrected chi connectivity index (χ1v) is 9.88. The van der Waals surface area contributed by atoms with Crippen LogP contribution in [0.1, 0.15) is 52.3 Å². The number of hydrogen-bond acceptors (Lipinski definition) is 8. The van der Waals surface area contributed by atoms with Crippen LogP contribution in [0.5, 0.6) is 11.5 Å². The van der Waals surface area contributed by atoms with Gasteiger partial charge >= 0.3 is 11.9 Å². The molecule has 2 heterocycles. The Labute approximate surface area is 171 Å². The smallest absolute Gasteiger partial charge is 0.341 e. The molecule has 0 bridgehead atoms. The fourth-order valence-electron chi connectivity index (χ4n) is 2.55. The monoisotopic (exact) mass is 419 g/mol. The van der Waals surface area contributed by atoms with Crippen molar-refractivity contribution in [2.75, 3.05) is 25.3 Å². The molecule has 0 atom stereocenters. The number of fused-ring (bicyclic) bond motifs is 1. The van der Waals surface area contributed by atoms with E-state index in [0.717, 1.165) is 4.88 Å². The summed E-state index contributed by atoms with van der Waals surface area (Å²) in [6.07, 6.45) is 0. The lowest BCUT2D eigenvalue weighted by atomic mass is 10.1. The summed E-state index contributed by atoms with van der Waals surface area (Å²) >= 11 is 1.29. The van der Waals surface area contributed by atoms with Crippen LogP contribution in [0.4, 0.5) is 5.00 Å². The van der Waals surface area contributed by atoms with Crippen molar-refractivity contribution in [3.8, 4) is 11.5 Å². The molecule has 0 saturated heterocycles. The highest BCUT2D eigenvalue weighted by Crippen LogP contribution is 2.34. The van der Waals surface area contributed by atoms with Gasteiger partial charge in [-0.25, -0.2) is 9.59 Å². The molecule has 1 aliphatic heterocycles. The zero-order chi connectivity index (χ0) is 21.0. The third kappa shape index (κ3) is 4.86. The van der Waals surface area contributed by atoms with E-state index in [4.69, 9.17) is 18.9 Å². The fraction of sp³-hybridized carbons (Fsp3) is 0.350. The van der Waals surface area contributed by atoms with Gasteiger partial charge in [-0.1, -0.05) is 13.8 Å². The second-order valence-electron chi connectivity index (χ2n) is 6.46. The minimum absolute atomic E-state index is 0.0955. The van der Waals surface area contributed by atoms with Gasteiger partial charge in [0.05, 0.1) is 17.7 Å². The molecule has 0 spiro atoms. The molecule has 154 valence electrons. The minimum atomic E-state index is -0.668. The Morgan fingerprint density at radius 3 is 2.59 bits per heavy atom. The average Bonchev–Trinajstić information content (AvgIpc) is 3.32. The van der Waals surface area contributed by atoms with Gasteiger partial charge in [-0.3, -0.25) is 4.79 Å². The van der Waals surface area contributed by atoms with E-state index in [-0.39, 0.29) is 30.4 Å². The number of benzene rings is 1. The second kappa shape index (κ2) is 8.95. The van der Waals surface area contributed by atoms with E-state index in [9.17, 15) is 14.4 Å². The number of esters is 2. The number of thiophene rings is 1. The van der Waals surface area contributed by atoms with Gasteiger partial charge in [-0.2, -0.15) is 0 Å². The van der Waals surface area contributed by atoms with Gasteiger partial charge in [0.1, 0.15) is 5.00 Å². The Hall–Kier alpha value is -3.07. The van der Waals surface area contributed by atoms with Crippen molar-refractivity contribution in [2.45, 2.75) is 26.7 Å². The lowest BCUT2D eigenvalue weighted by molar-refractivity contribution is -0.119. The van der Waals surface area contributed by atoms with Crippen LogP contribution in [0.2, 0.25) is 0 Å². The summed E-state index contributed by atoms with van der Waals surface area (Å²) in [6.45, 7) is 5.51. The maximum absolute atomic E-state index is 12.3. The van der Waals surface area contributed by atoms with E-state index in [2.05, 4.69) is 5.32 Å². The lowest BCUT2D eigenvalue weighted by Crippen LogP contribution is -2.21. The average molecular weight is 419 g/mol. The number of carbonyl (C=O) groups is 3. The molecule has 1 amide bonds. The van der Waals surface area contributed by atoms with E-state index in [0.29, 0.717) is 16.5 Å².